The summed E-state index contributed by atoms with van der Waals surface area (Å²) in [5, 5.41) is 3.27. The molecule has 0 aromatic carbocycles. The highest BCUT2D eigenvalue weighted by Gasteiger charge is 2.34. The highest BCUT2D eigenvalue weighted by molar-refractivity contribution is 7.89. The first kappa shape index (κ1) is 13.3. The third-order valence-electron chi connectivity index (χ3n) is 3.99. The summed E-state index contributed by atoms with van der Waals surface area (Å²) in [5.41, 5.74) is 0. The second kappa shape index (κ2) is 5.24. The fourth-order valence-corrected chi connectivity index (χ4v) is 5.00. The minimum absolute atomic E-state index is 0.171. The fourth-order valence-electron chi connectivity index (χ4n) is 2.88. The van der Waals surface area contributed by atoms with Gasteiger partial charge in [-0.1, -0.05) is 6.92 Å². The van der Waals surface area contributed by atoms with Gasteiger partial charge in [0.05, 0.1) is 5.75 Å². The van der Waals surface area contributed by atoms with Gasteiger partial charge in [-0.25, -0.2) is 8.42 Å². The fraction of sp³-hybridized carbons (Fsp3) is 1.00. The first-order valence-corrected chi connectivity index (χ1v) is 8.33. The van der Waals surface area contributed by atoms with E-state index in [1.54, 1.807) is 4.31 Å². The molecular formula is C12H24N2O2S. The summed E-state index contributed by atoms with van der Waals surface area (Å²) in [6.07, 6.45) is 4.25. The number of hydrogen-bond donors (Lipinski definition) is 1. The maximum absolute atomic E-state index is 12.4. The number of nitrogens with zero attached hydrogens (tertiary/aromatic N) is 1. The standard InChI is InChI=1S/C12H24N2O2S/c1-10-5-6-11(2)14(8-10)17(15,16)9-12-4-3-7-13-12/h10-13H,3-9H2,1-2H3. The smallest absolute Gasteiger partial charge is 0.215 e. The van der Waals surface area contributed by atoms with Crippen molar-refractivity contribution in [1.82, 2.24) is 9.62 Å². The molecule has 2 rings (SSSR count). The summed E-state index contributed by atoms with van der Waals surface area (Å²) in [6, 6.07) is 0.349. The molecular weight excluding hydrogens is 236 g/mol. The highest BCUT2D eigenvalue weighted by atomic mass is 32.2. The Labute approximate surface area is 105 Å². The quantitative estimate of drug-likeness (QED) is 0.829. The zero-order chi connectivity index (χ0) is 12.5. The van der Waals surface area contributed by atoms with Crippen LogP contribution in [0.4, 0.5) is 0 Å². The van der Waals surface area contributed by atoms with E-state index in [9.17, 15) is 8.42 Å². The molecule has 1 N–H and O–H groups in total. The predicted molar refractivity (Wildman–Crippen MR) is 69.4 cm³/mol. The lowest BCUT2D eigenvalue weighted by Crippen LogP contribution is -2.48. The Morgan fingerprint density at radius 1 is 1.24 bits per heavy atom. The maximum atomic E-state index is 12.4. The summed E-state index contributed by atoms with van der Waals surface area (Å²) >= 11 is 0. The third-order valence-corrected chi connectivity index (χ3v) is 6.04. The van der Waals surface area contributed by atoms with Crippen LogP contribution in [0.5, 0.6) is 0 Å². The topological polar surface area (TPSA) is 49.4 Å². The van der Waals surface area contributed by atoms with E-state index in [1.165, 1.54) is 0 Å². The van der Waals surface area contributed by atoms with Crippen molar-refractivity contribution >= 4 is 10.0 Å². The van der Waals surface area contributed by atoms with Crippen LogP contribution in [0.1, 0.15) is 39.5 Å². The Morgan fingerprint density at radius 2 is 2.00 bits per heavy atom. The van der Waals surface area contributed by atoms with E-state index < -0.39 is 10.0 Å². The molecule has 0 saturated carbocycles. The number of piperidine rings is 1. The van der Waals surface area contributed by atoms with Crippen molar-refractivity contribution < 1.29 is 8.42 Å². The van der Waals surface area contributed by atoms with Crippen LogP contribution in [0.3, 0.4) is 0 Å². The van der Waals surface area contributed by atoms with E-state index in [2.05, 4.69) is 12.2 Å². The molecule has 0 amide bonds. The molecule has 100 valence electrons. The molecule has 2 aliphatic heterocycles. The van der Waals surface area contributed by atoms with Gasteiger partial charge >= 0.3 is 0 Å². The summed E-state index contributed by atoms with van der Waals surface area (Å²) in [4.78, 5) is 0. The Hall–Kier alpha value is -0.130. The monoisotopic (exact) mass is 260 g/mol. The maximum Gasteiger partial charge on any atom is 0.215 e. The molecule has 0 aromatic rings. The third kappa shape index (κ3) is 3.20. The predicted octanol–water partition coefficient (Wildman–Crippen LogP) is 1.19. The minimum Gasteiger partial charge on any atom is -0.313 e. The van der Waals surface area contributed by atoms with E-state index in [0.717, 1.165) is 32.2 Å². The lowest BCUT2D eigenvalue weighted by molar-refractivity contribution is 0.217. The van der Waals surface area contributed by atoms with Gasteiger partial charge in [0, 0.05) is 18.6 Å². The lowest BCUT2D eigenvalue weighted by Gasteiger charge is -2.36. The molecule has 0 radical (unpaired) electrons. The first-order valence-electron chi connectivity index (χ1n) is 6.72. The normalized spacial score (nSPS) is 36.2. The van der Waals surface area contributed by atoms with Crippen LogP contribution < -0.4 is 5.32 Å². The molecule has 3 atom stereocenters. The zero-order valence-electron chi connectivity index (χ0n) is 10.9. The highest BCUT2D eigenvalue weighted by Crippen LogP contribution is 2.25. The summed E-state index contributed by atoms with van der Waals surface area (Å²) < 4.78 is 26.5. The molecule has 4 nitrogen and oxygen atoms in total. The summed E-state index contributed by atoms with van der Waals surface area (Å²) in [6.45, 7) is 5.84. The van der Waals surface area contributed by atoms with Gasteiger partial charge in [0.15, 0.2) is 0 Å². The van der Waals surface area contributed by atoms with Crippen molar-refractivity contribution in [2.45, 2.75) is 51.6 Å². The zero-order valence-corrected chi connectivity index (χ0v) is 11.7. The van der Waals surface area contributed by atoms with Gasteiger partial charge in [-0.15, -0.1) is 0 Å². The molecule has 3 unspecified atom stereocenters. The van der Waals surface area contributed by atoms with E-state index >= 15 is 0 Å². The van der Waals surface area contributed by atoms with Crippen molar-refractivity contribution in [3.8, 4) is 0 Å². The van der Waals surface area contributed by atoms with Crippen LogP contribution in [-0.2, 0) is 10.0 Å². The molecule has 2 aliphatic rings. The van der Waals surface area contributed by atoms with Gasteiger partial charge < -0.3 is 5.32 Å². The number of rotatable bonds is 3. The number of sulfonamides is 1. The molecule has 2 saturated heterocycles. The largest absolute Gasteiger partial charge is 0.313 e. The van der Waals surface area contributed by atoms with E-state index in [-0.39, 0.29) is 17.8 Å². The second-order valence-corrected chi connectivity index (χ2v) is 7.64. The van der Waals surface area contributed by atoms with Crippen LogP contribution >= 0.6 is 0 Å². The summed E-state index contributed by atoms with van der Waals surface area (Å²) in [5.74, 6) is 0.780. The average Bonchev–Trinajstić information content (AvgIpc) is 2.73. The Morgan fingerprint density at radius 3 is 2.65 bits per heavy atom. The van der Waals surface area contributed by atoms with Crippen molar-refractivity contribution in [3.05, 3.63) is 0 Å². The lowest BCUT2D eigenvalue weighted by atomic mass is 9.97. The van der Waals surface area contributed by atoms with Crippen molar-refractivity contribution in [3.63, 3.8) is 0 Å². The van der Waals surface area contributed by atoms with E-state index in [0.29, 0.717) is 12.5 Å². The van der Waals surface area contributed by atoms with Crippen molar-refractivity contribution in [2.24, 2.45) is 5.92 Å². The Bertz CT molecular complexity index is 350. The second-order valence-electron chi connectivity index (χ2n) is 5.67. The van der Waals surface area contributed by atoms with Gasteiger partial charge in [-0.05, 0) is 45.1 Å². The van der Waals surface area contributed by atoms with E-state index in [1.807, 2.05) is 6.92 Å². The summed E-state index contributed by atoms with van der Waals surface area (Å²) in [7, 11) is -3.08. The molecule has 17 heavy (non-hydrogen) atoms. The van der Waals surface area contributed by atoms with Crippen LogP contribution in [0.15, 0.2) is 0 Å². The van der Waals surface area contributed by atoms with Crippen LogP contribution in [0.2, 0.25) is 0 Å². The molecule has 0 aromatic heterocycles. The minimum atomic E-state index is -3.08. The molecule has 2 fully saturated rings. The number of hydrogen-bond acceptors (Lipinski definition) is 3. The number of nitrogens with one attached hydrogen (secondary N) is 1. The first-order chi connectivity index (χ1) is 7.99. The molecule has 0 aliphatic carbocycles. The molecule has 0 bridgehead atoms. The Kier molecular flexibility index (Phi) is 4.10. The average molecular weight is 260 g/mol. The van der Waals surface area contributed by atoms with Gasteiger partial charge in [0.1, 0.15) is 0 Å². The van der Waals surface area contributed by atoms with Gasteiger partial charge in [-0.3, -0.25) is 0 Å². The van der Waals surface area contributed by atoms with Gasteiger partial charge in [0.25, 0.3) is 0 Å². The molecule has 0 spiro atoms. The van der Waals surface area contributed by atoms with Gasteiger partial charge in [0.2, 0.25) is 10.0 Å². The van der Waals surface area contributed by atoms with Crippen molar-refractivity contribution in [2.75, 3.05) is 18.8 Å². The van der Waals surface area contributed by atoms with Crippen LogP contribution in [0.25, 0.3) is 0 Å². The van der Waals surface area contributed by atoms with Crippen LogP contribution in [-0.4, -0.2) is 43.6 Å². The van der Waals surface area contributed by atoms with E-state index in [4.69, 9.17) is 0 Å². The Balaban J connectivity index is 2.02. The van der Waals surface area contributed by atoms with Crippen molar-refractivity contribution in [1.29, 1.82) is 0 Å². The van der Waals surface area contributed by atoms with Gasteiger partial charge in [-0.2, -0.15) is 4.31 Å². The SMILES string of the molecule is CC1CCC(C)N(S(=O)(=O)CC2CCCN2)C1. The van der Waals surface area contributed by atoms with Crippen LogP contribution in [0, 0.1) is 5.92 Å². The molecule has 5 heteroatoms. The molecule has 2 heterocycles.